The van der Waals surface area contributed by atoms with Crippen molar-refractivity contribution >= 4 is 34.5 Å². The highest BCUT2D eigenvalue weighted by Gasteiger charge is 2.14. The molecule has 5 nitrogen and oxygen atoms in total. The minimum Gasteiger partial charge on any atom is -0.388 e. The van der Waals surface area contributed by atoms with E-state index in [2.05, 4.69) is 27.2 Å². The Kier molecular flexibility index (Phi) is 4.29. The number of aromatic nitrogens is 3. The highest BCUT2D eigenvalue weighted by Crippen LogP contribution is 2.26. The van der Waals surface area contributed by atoms with Gasteiger partial charge in [-0.25, -0.2) is 15.0 Å². The molecule has 1 atom stereocenters. The van der Waals surface area contributed by atoms with Crippen molar-refractivity contribution in [3.8, 4) is 0 Å². The molecule has 0 fully saturated rings. The van der Waals surface area contributed by atoms with Gasteiger partial charge in [0.2, 0.25) is 5.95 Å². The number of hydrogen-bond donors (Lipinski definition) is 2. The molecule has 20 heavy (non-hydrogen) atoms. The number of nitrogens with one attached hydrogen (secondary N) is 1. The van der Waals surface area contributed by atoms with Crippen LogP contribution in [0.25, 0.3) is 0 Å². The molecule has 0 spiro atoms. The zero-order valence-corrected chi connectivity index (χ0v) is 13.5. The van der Waals surface area contributed by atoms with E-state index in [-0.39, 0.29) is 11.0 Å². The molecular formula is C13H17N5S2. The lowest BCUT2D eigenvalue weighted by Crippen LogP contribution is -2.16. The summed E-state index contributed by atoms with van der Waals surface area (Å²) in [5, 5.41) is 4.34. The van der Waals surface area contributed by atoms with Gasteiger partial charge >= 0.3 is 0 Å². The molecule has 1 unspecified atom stereocenters. The molecule has 0 amide bonds. The zero-order chi connectivity index (χ0) is 14.9. The third kappa shape index (κ3) is 3.29. The number of thiocarbonyl (C=S) groups is 1. The summed E-state index contributed by atoms with van der Waals surface area (Å²) in [7, 11) is 0. The smallest absolute Gasteiger partial charge is 0.224 e. The SMILES string of the molecule is Cc1cc(C(N)=S)nc(NC(C)c2sc(C)nc2C)n1. The van der Waals surface area contributed by atoms with E-state index in [4.69, 9.17) is 18.0 Å². The van der Waals surface area contributed by atoms with Crippen molar-refractivity contribution in [2.24, 2.45) is 5.73 Å². The molecule has 0 aromatic carbocycles. The van der Waals surface area contributed by atoms with Gasteiger partial charge in [-0.3, -0.25) is 0 Å². The first-order valence-corrected chi connectivity index (χ1v) is 7.45. The lowest BCUT2D eigenvalue weighted by atomic mass is 10.2. The third-order valence-electron chi connectivity index (χ3n) is 2.78. The molecule has 0 saturated heterocycles. The Morgan fingerprint density at radius 2 is 2.00 bits per heavy atom. The molecule has 0 aliphatic heterocycles. The van der Waals surface area contributed by atoms with Crippen LogP contribution in [-0.2, 0) is 0 Å². The normalized spacial score (nSPS) is 12.2. The van der Waals surface area contributed by atoms with Crippen molar-refractivity contribution in [3.05, 3.63) is 33.0 Å². The first kappa shape index (κ1) is 14.8. The minimum atomic E-state index is 0.0854. The molecule has 7 heteroatoms. The average Bonchev–Trinajstić information content (AvgIpc) is 2.67. The van der Waals surface area contributed by atoms with Crippen LogP contribution < -0.4 is 11.1 Å². The van der Waals surface area contributed by atoms with Crippen molar-refractivity contribution in [1.82, 2.24) is 15.0 Å². The molecule has 0 aliphatic carbocycles. The molecule has 3 N–H and O–H groups in total. The van der Waals surface area contributed by atoms with Gasteiger partial charge < -0.3 is 11.1 Å². The Morgan fingerprint density at radius 3 is 2.55 bits per heavy atom. The van der Waals surface area contributed by atoms with Crippen molar-refractivity contribution in [2.75, 3.05) is 5.32 Å². The van der Waals surface area contributed by atoms with Crippen LogP contribution in [0.4, 0.5) is 5.95 Å². The molecule has 0 radical (unpaired) electrons. The fourth-order valence-electron chi connectivity index (χ4n) is 1.97. The average molecular weight is 307 g/mol. The van der Waals surface area contributed by atoms with Gasteiger partial charge in [-0.15, -0.1) is 11.3 Å². The molecule has 0 saturated carbocycles. The Hall–Kier alpha value is -1.60. The summed E-state index contributed by atoms with van der Waals surface area (Å²) >= 11 is 6.64. The van der Waals surface area contributed by atoms with Gasteiger partial charge in [-0.1, -0.05) is 12.2 Å². The molecule has 0 bridgehead atoms. The lowest BCUT2D eigenvalue weighted by Gasteiger charge is -2.14. The second kappa shape index (κ2) is 5.80. The number of anilines is 1. The van der Waals surface area contributed by atoms with Crippen molar-refractivity contribution in [2.45, 2.75) is 33.7 Å². The van der Waals surface area contributed by atoms with E-state index in [1.54, 1.807) is 17.4 Å². The highest BCUT2D eigenvalue weighted by molar-refractivity contribution is 7.80. The quantitative estimate of drug-likeness (QED) is 0.846. The molecule has 2 rings (SSSR count). The Morgan fingerprint density at radius 1 is 1.30 bits per heavy atom. The van der Waals surface area contributed by atoms with Crippen LogP contribution in [0.1, 0.15) is 39.9 Å². The predicted molar refractivity (Wildman–Crippen MR) is 86.3 cm³/mol. The maximum absolute atomic E-state index is 5.63. The Labute approximate surface area is 127 Å². The van der Waals surface area contributed by atoms with Crippen LogP contribution in [0.2, 0.25) is 0 Å². The second-order valence-electron chi connectivity index (χ2n) is 4.63. The Bertz CT molecular complexity index is 650. The van der Waals surface area contributed by atoms with Crippen LogP contribution in [0, 0.1) is 20.8 Å². The van der Waals surface area contributed by atoms with Crippen LogP contribution in [0.5, 0.6) is 0 Å². The van der Waals surface area contributed by atoms with Gasteiger partial charge in [0.15, 0.2) is 0 Å². The predicted octanol–water partition coefficient (Wildman–Crippen LogP) is 2.67. The fourth-order valence-corrected chi connectivity index (χ4v) is 3.00. The second-order valence-corrected chi connectivity index (χ2v) is 6.31. The van der Waals surface area contributed by atoms with Gasteiger partial charge in [0.25, 0.3) is 0 Å². The molecular weight excluding hydrogens is 290 g/mol. The Balaban J connectivity index is 2.25. The van der Waals surface area contributed by atoms with Gasteiger partial charge in [-0.05, 0) is 33.8 Å². The van der Waals surface area contributed by atoms with Crippen LogP contribution in [0.3, 0.4) is 0 Å². The highest BCUT2D eigenvalue weighted by atomic mass is 32.1. The summed E-state index contributed by atoms with van der Waals surface area (Å²) in [6.45, 7) is 7.96. The van der Waals surface area contributed by atoms with Gasteiger partial charge in [0.05, 0.1) is 16.7 Å². The monoisotopic (exact) mass is 307 g/mol. The van der Waals surface area contributed by atoms with Gasteiger partial charge in [-0.2, -0.15) is 0 Å². The fraction of sp³-hybridized carbons (Fsp3) is 0.385. The molecule has 2 aromatic heterocycles. The largest absolute Gasteiger partial charge is 0.388 e. The minimum absolute atomic E-state index is 0.0854. The number of hydrogen-bond acceptors (Lipinski definition) is 6. The van der Waals surface area contributed by atoms with Crippen molar-refractivity contribution in [1.29, 1.82) is 0 Å². The van der Waals surface area contributed by atoms with Gasteiger partial charge in [0, 0.05) is 10.6 Å². The summed E-state index contributed by atoms with van der Waals surface area (Å²) < 4.78 is 0. The number of aryl methyl sites for hydroxylation is 3. The van der Waals surface area contributed by atoms with E-state index in [9.17, 15) is 0 Å². The molecule has 106 valence electrons. The topological polar surface area (TPSA) is 76.7 Å². The molecule has 2 heterocycles. The van der Waals surface area contributed by atoms with Crippen molar-refractivity contribution < 1.29 is 0 Å². The summed E-state index contributed by atoms with van der Waals surface area (Å²) in [6, 6.07) is 1.86. The van der Waals surface area contributed by atoms with Crippen LogP contribution in [-0.4, -0.2) is 19.9 Å². The summed E-state index contributed by atoms with van der Waals surface area (Å²) in [5.41, 5.74) is 8.07. The molecule has 0 aliphatic rings. The number of rotatable bonds is 4. The van der Waals surface area contributed by atoms with E-state index in [0.717, 1.165) is 16.4 Å². The van der Waals surface area contributed by atoms with E-state index >= 15 is 0 Å². The maximum Gasteiger partial charge on any atom is 0.224 e. The standard InChI is InChI=1S/C13H17N5S2/c1-6-5-10(12(14)19)18-13(15-6)17-8(3)11-7(2)16-9(4)20-11/h5,8H,1-4H3,(H2,14,19)(H,15,17,18). The summed E-state index contributed by atoms with van der Waals surface area (Å²) in [5.74, 6) is 0.533. The third-order valence-corrected chi connectivity index (χ3v) is 4.25. The van der Waals surface area contributed by atoms with Crippen LogP contribution in [0.15, 0.2) is 6.07 Å². The van der Waals surface area contributed by atoms with E-state index in [1.165, 1.54) is 4.88 Å². The first-order chi connectivity index (χ1) is 9.36. The van der Waals surface area contributed by atoms with E-state index in [0.29, 0.717) is 11.6 Å². The van der Waals surface area contributed by atoms with Crippen molar-refractivity contribution in [3.63, 3.8) is 0 Å². The van der Waals surface area contributed by atoms with E-state index < -0.39 is 0 Å². The maximum atomic E-state index is 5.63. The van der Waals surface area contributed by atoms with E-state index in [1.807, 2.05) is 20.8 Å². The first-order valence-electron chi connectivity index (χ1n) is 6.22. The van der Waals surface area contributed by atoms with Crippen LogP contribution >= 0.6 is 23.6 Å². The lowest BCUT2D eigenvalue weighted by molar-refractivity contribution is 0.861. The summed E-state index contributed by atoms with van der Waals surface area (Å²) in [6.07, 6.45) is 0. The van der Waals surface area contributed by atoms with Gasteiger partial charge in [0.1, 0.15) is 10.7 Å². The number of thiazole rings is 1. The number of nitrogens with two attached hydrogens (primary N) is 1. The zero-order valence-electron chi connectivity index (χ0n) is 11.9. The summed E-state index contributed by atoms with van der Waals surface area (Å²) in [4.78, 5) is 14.6. The molecule has 2 aromatic rings. The number of nitrogens with zero attached hydrogens (tertiary/aromatic N) is 3.